The first kappa shape index (κ1) is 17.4. The number of rotatable bonds is 5. The summed E-state index contributed by atoms with van der Waals surface area (Å²) < 4.78 is 10.1. The topological polar surface area (TPSA) is 92.5 Å². The molecule has 0 spiro atoms. The van der Waals surface area contributed by atoms with Crippen LogP contribution < -0.4 is 15.4 Å². The quantitative estimate of drug-likeness (QED) is 0.732. The molecule has 0 aliphatic rings. The van der Waals surface area contributed by atoms with Crippen molar-refractivity contribution in [3.63, 3.8) is 0 Å². The number of hydrogen-bond donors (Lipinski definition) is 3. The summed E-state index contributed by atoms with van der Waals surface area (Å²) in [5.74, 6) is 0.754. The van der Waals surface area contributed by atoms with Gasteiger partial charge in [0, 0.05) is 16.9 Å². The summed E-state index contributed by atoms with van der Waals surface area (Å²) in [4.78, 5) is 27.1. The maximum atomic E-state index is 12.1. The zero-order chi connectivity index (χ0) is 17.7. The molecule has 0 aliphatic heterocycles. The Balaban J connectivity index is 2.08. The van der Waals surface area contributed by atoms with Crippen LogP contribution in [0.3, 0.4) is 0 Å². The van der Waals surface area contributed by atoms with Crippen LogP contribution in [0.2, 0.25) is 0 Å². The van der Waals surface area contributed by atoms with Crippen molar-refractivity contribution in [1.29, 1.82) is 0 Å². The zero-order valence-electron chi connectivity index (χ0n) is 14.1. The van der Waals surface area contributed by atoms with E-state index in [-0.39, 0.29) is 0 Å². The number of urea groups is 1. The minimum absolute atomic E-state index is 0.295. The number of aromatic nitrogens is 1. The van der Waals surface area contributed by atoms with E-state index in [1.807, 2.05) is 0 Å². The van der Waals surface area contributed by atoms with Crippen molar-refractivity contribution in [2.75, 3.05) is 24.4 Å². The van der Waals surface area contributed by atoms with E-state index in [0.717, 1.165) is 0 Å². The normalized spacial score (nSPS) is 10.2. The van der Waals surface area contributed by atoms with Crippen molar-refractivity contribution < 1.29 is 19.1 Å². The minimum atomic E-state index is -0.417. The van der Waals surface area contributed by atoms with Crippen molar-refractivity contribution in [1.82, 2.24) is 4.98 Å². The van der Waals surface area contributed by atoms with Gasteiger partial charge in [0.2, 0.25) is 0 Å². The van der Waals surface area contributed by atoms with Gasteiger partial charge >= 0.3 is 12.0 Å². The number of methoxy groups -OCH3 is 1. The number of aryl methyl sites for hydroxylation is 1. The monoisotopic (exact) mass is 331 g/mol. The fraction of sp³-hybridized carbons (Fsp3) is 0.294. The molecule has 1 aromatic heterocycles. The molecule has 24 heavy (non-hydrogen) atoms. The molecule has 0 bridgehead atoms. The van der Waals surface area contributed by atoms with Gasteiger partial charge in [0.1, 0.15) is 11.6 Å². The molecular weight excluding hydrogens is 310 g/mol. The summed E-state index contributed by atoms with van der Waals surface area (Å²) in [6, 6.07) is 6.54. The summed E-state index contributed by atoms with van der Waals surface area (Å²) in [6.07, 6.45) is 0. The lowest BCUT2D eigenvalue weighted by atomic mass is 10.1. The first-order valence-corrected chi connectivity index (χ1v) is 7.54. The highest BCUT2D eigenvalue weighted by molar-refractivity contribution is 6.01. The van der Waals surface area contributed by atoms with Gasteiger partial charge in [-0.1, -0.05) is 0 Å². The Morgan fingerprint density at radius 2 is 1.79 bits per heavy atom. The molecule has 0 saturated carbocycles. The van der Waals surface area contributed by atoms with Crippen LogP contribution in [0.4, 0.5) is 16.3 Å². The molecule has 3 N–H and O–H groups in total. The number of amides is 2. The third-order valence-corrected chi connectivity index (χ3v) is 3.50. The lowest BCUT2D eigenvalue weighted by Gasteiger charge is -2.08. The molecule has 2 rings (SSSR count). The number of benzene rings is 1. The van der Waals surface area contributed by atoms with Crippen LogP contribution in [0.1, 0.15) is 28.5 Å². The van der Waals surface area contributed by atoms with Crippen molar-refractivity contribution >= 4 is 23.5 Å². The van der Waals surface area contributed by atoms with Gasteiger partial charge in [-0.05, 0) is 45.0 Å². The van der Waals surface area contributed by atoms with Crippen LogP contribution in [0.5, 0.6) is 5.75 Å². The number of ether oxygens (including phenoxy) is 2. The van der Waals surface area contributed by atoms with Crippen LogP contribution in [0.25, 0.3) is 0 Å². The van der Waals surface area contributed by atoms with Crippen LogP contribution in [-0.2, 0) is 4.74 Å². The van der Waals surface area contributed by atoms with E-state index in [2.05, 4.69) is 15.6 Å². The molecule has 7 heteroatoms. The van der Waals surface area contributed by atoms with E-state index in [4.69, 9.17) is 9.47 Å². The van der Waals surface area contributed by atoms with Crippen LogP contribution in [0, 0.1) is 13.8 Å². The van der Waals surface area contributed by atoms with Gasteiger partial charge in [-0.3, -0.25) is 5.32 Å². The predicted molar refractivity (Wildman–Crippen MR) is 91.9 cm³/mol. The molecule has 7 nitrogen and oxygen atoms in total. The highest BCUT2D eigenvalue weighted by Crippen LogP contribution is 2.23. The van der Waals surface area contributed by atoms with Crippen LogP contribution in [0.15, 0.2) is 24.3 Å². The van der Waals surface area contributed by atoms with Gasteiger partial charge in [-0.2, -0.15) is 0 Å². The molecule has 0 unspecified atom stereocenters. The summed E-state index contributed by atoms with van der Waals surface area (Å²) in [7, 11) is 1.58. The van der Waals surface area contributed by atoms with Crippen molar-refractivity contribution in [2.24, 2.45) is 0 Å². The van der Waals surface area contributed by atoms with Gasteiger partial charge in [0.15, 0.2) is 0 Å². The van der Waals surface area contributed by atoms with E-state index < -0.39 is 12.0 Å². The van der Waals surface area contributed by atoms with E-state index in [1.165, 1.54) is 0 Å². The second-order valence-corrected chi connectivity index (χ2v) is 5.15. The van der Waals surface area contributed by atoms with E-state index >= 15 is 0 Å². The lowest BCUT2D eigenvalue weighted by Crippen LogP contribution is -2.20. The van der Waals surface area contributed by atoms with Gasteiger partial charge in [0.05, 0.1) is 19.3 Å². The molecule has 1 aromatic carbocycles. The third kappa shape index (κ3) is 3.87. The smallest absolute Gasteiger partial charge is 0.340 e. The number of aromatic amines is 1. The standard InChI is InChI=1S/C17H21N3O4/c1-5-24-16(21)14-10(2)15(18-11(14)3)20-17(22)19-12-6-8-13(23-4)9-7-12/h6-9,18H,5H2,1-4H3,(H2,19,20,22). The SMILES string of the molecule is CCOC(=O)c1c(C)[nH]c(NC(=O)Nc2ccc(OC)cc2)c1C. The maximum Gasteiger partial charge on any atom is 0.340 e. The van der Waals surface area contributed by atoms with Crippen molar-refractivity contribution in [2.45, 2.75) is 20.8 Å². The fourth-order valence-electron chi connectivity index (χ4n) is 2.33. The minimum Gasteiger partial charge on any atom is -0.497 e. The molecule has 2 aromatic rings. The highest BCUT2D eigenvalue weighted by atomic mass is 16.5. The molecule has 0 aliphatic carbocycles. The average molecular weight is 331 g/mol. The molecule has 0 radical (unpaired) electrons. The Bertz CT molecular complexity index is 735. The Hall–Kier alpha value is -2.96. The Kier molecular flexibility index (Phi) is 5.47. The van der Waals surface area contributed by atoms with Crippen molar-refractivity contribution in [3.8, 4) is 5.75 Å². The molecule has 0 saturated heterocycles. The number of carbonyl (C=O) groups is 2. The first-order chi connectivity index (χ1) is 11.5. The second kappa shape index (κ2) is 7.54. The fourth-order valence-corrected chi connectivity index (χ4v) is 2.33. The second-order valence-electron chi connectivity index (χ2n) is 5.15. The predicted octanol–water partition coefficient (Wildman–Crippen LogP) is 3.46. The number of anilines is 2. The summed E-state index contributed by atoms with van der Waals surface area (Å²) in [5, 5.41) is 5.41. The summed E-state index contributed by atoms with van der Waals surface area (Å²) in [5.41, 5.74) is 2.35. The summed E-state index contributed by atoms with van der Waals surface area (Å²) in [6.45, 7) is 5.55. The first-order valence-electron chi connectivity index (χ1n) is 7.54. The number of H-pyrrole nitrogens is 1. The molecular formula is C17H21N3O4. The molecule has 1 heterocycles. The number of esters is 1. The van der Waals surface area contributed by atoms with Gasteiger partial charge in [-0.25, -0.2) is 9.59 Å². The molecule has 0 atom stereocenters. The van der Waals surface area contributed by atoms with Crippen molar-refractivity contribution in [3.05, 3.63) is 41.1 Å². The largest absolute Gasteiger partial charge is 0.497 e. The Morgan fingerprint density at radius 3 is 2.38 bits per heavy atom. The molecule has 0 fully saturated rings. The summed E-state index contributed by atoms with van der Waals surface area (Å²) >= 11 is 0. The van der Waals surface area contributed by atoms with Gasteiger partial charge in [0.25, 0.3) is 0 Å². The molecule has 2 amide bonds. The van der Waals surface area contributed by atoms with E-state index in [0.29, 0.717) is 40.7 Å². The van der Waals surface area contributed by atoms with Crippen LogP contribution in [-0.4, -0.2) is 30.7 Å². The van der Waals surface area contributed by atoms with Gasteiger partial charge in [-0.15, -0.1) is 0 Å². The van der Waals surface area contributed by atoms with E-state index in [9.17, 15) is 9.59 Å². The number of nitrogens with one attached hydrogen (secondary N) is 3. The maximum absolute atomic E-state index is 12.1. The Labute approximate surface area is 140 Å². The molecule has 128 valence electrons. The van der Waals surface area contributed by atoms with Crippen LogP contribution >= 0.6 is 0 Å². The third-order valence-electron chi connectivity index (χ3n) is 3.50. The Morgan fingerprint density at radius 1 is 1.12 bits per heavy atom. The van der Waals surface area contributed by atoms with E-state index in [1.54, 1.807) is 52.1 Å². The zero-order valence-corrected chi connectivity index (χ0v) is 14.1. The lowest BCUT2D eigenvalue weighted by molar-refractivity contribution is 0.0525. The highest BCUT2D eigenvalue weighted by Gasteiger charge is 2.20. The van der Waals surface area contributed by atoms with Gasteiger partial charge < -0.3 is 19.8 Å². The average Bonchev–Trinajstić information content (AvgIpc) is 2.82. The number of hydrogen-bond acceptors (Lipinski definition) is 4. The number of carbonyl (C=O) groups excluding carboxylic acids is 2.